The molecule has 92 valence electrons. The van der Waals surface area contributed by atoms with Crippen molar-refractivity contribution in [2.75, 3.05) is 18.1 Å². The Labute approximate surface area is 109 Å². The van der Waals surface area contributed by atoms with Gasteiger partial charge in [-0.25, -0.2) is 0 Å². The molecule has 0 aliphatic heterocycles. The van der Waals surface area contributed by atoms with Gasteiger partial charge < -0.3 is 4.74 Å². The number of thioether (sulfide) groups is 1. The molecule has 0 atom stereocenters. The van der Waals surface area contributed by atoms with Crippen LogP contribution in [0.15, 0.2) is 24.3 Å². The second-order valence-electron chi connectivity index (χ2n) is 3.20. The predicted octanol–water partition coefficient (Wildman–Crippen LogP) is 2.82. The Bertz CT molecular complexity index is 406. The lowest BCUT2D eigenvalue weighted by atomic mass is 10.1. The van der Waals surface area contributed by atoms with Crippen LogP contribution in [0.1, 0.15) is 17.3 Å². The minimum absolute atomic E-state index is 0.0788. The van der Waals surface area contributed by atoms with E-state index in [1.807, 2.05) is 0 Å². The summed E-state index contributed by atoms with van der Waals surface area (Å²) in [6.45, 7) is 2.11. The van der Waals surface area contributed by atoms with Crippen molar-refractivity contribution in [1.29, 1.82) is 0 Å². The molecule has 1 aromatic rings. The molecule has 0 heterocycles. The minimum atomic E-state index is -0.301. The number of carbonyl (C=O) groups excluding carboxylic acids is 2. The molecule has 0 aromatic heterocycles. The van der Waals surface area contributed by atoms with E-state index in [1.54, 1.807) is 31.2 Å². The molecule has 1 rings (SSSR count). The first-order valence-corrected chi connectivity index (χ1v) is 6.69. The summed E-state index contributed by atoms with van der Waals surface area (Å²) in [7, 11) is 0. The van der Waals surface area contributed by atoms with E-state index >= 15 is 0 Å². The van der Waals surface area contributed by atoms with Crippen LogP contribution >= 0.6 is 23.4 Å². The van der Waals surface area contributed by atoms with E-state index in [1.165, 1.54) is 11.8 Å². The number of esters is 1. The number of halogens is 1. The summed E-state index contributed by atoms with van der Waals surface area (Å²) < 4.78 is 4.76. The second-order valence-corrected chi connectivity index (χ2v) is 4.59. The number of benzene rings is 1. The molecule has 0 bridgehead atoms. The number of ether oxygens (including phenoxy) is 1. The molecule has 0 amide bonds. The smallest absolute Gasteiger partial charge is 0.315 e. The highest BCUT2D eigenvalue weighted by molar-refractivity contribution is 8.00. The van der Waals surface area contributed by atoms with Gasteiger partial charge in [-0.2, -0.15) is 0 Å². The van der Waals surface area contributed by atoms with Crippen LogP contribution in [-0.4, -0.2) is 29.9 Å². The second kappa shape index (κ2) is 7.35. The number of rotatable bonds is 6. The first-order chi connectivity index (χ1) is 8.15. The Kier molecular flexibility index (Phi) is 6.08. The third kappa shape index (κ3) is 4.79. The molecule has 0 saturated heterocycles. The van der Waals surface area contributed by atoms with Gasteiger partial charge in [0.05, 0.1) is 23.1 Å². The lowest BCUT2D eigenvalue weighted by Gasteiger charge is -2.03. The Hall–Kier alpha value is -1.00. The predicted molar refractivity (Wildman–Crippen MR) is 69.7 cm³/mol. The third-order valence-corrected chi connectivity index (χ3v) is 3.17. The quantitative estimate of drug-likeness (QED) is 0.590. The molecular weight excluding hydrogens is 260 g/mol. The number of Topliss-reactive ketones (excluding diaryl/α,β-unsaturated/α-hetero) is 1. The SMILES string of the molecule is CCOC(=O)CSCC(=O)c1ccccc1Cl. The minimum Gasteiger partial charge on any atom is -0.465 e. The van der Waals surface area contributed by atoms with E-state index in [9.17, 15) is 9.59 Å². The maximum absolute atomic E-state index is 11.7. The van der Waals surface area contributed by atoms with Crippen LogP contribution < -0.4 is 0 Å². The highest BCUT2D eigenvalue weighted by atomic mass is 35.5. The van der Waals surface area contributed by atoms with E-state index in [2.05, 4.69) is 0 Å². The van der Waals surface area contributed by atoms with Gasteiger partial charge in [0.1, 0.15) is 0 Å². The monoisotopic (exact) mass is 272 g/mol. The van der Waals surface area contributed by atoms with Crippen molar-refractivity contribution in [2.45, 2.75) is 6.92 Å². The fourth-order valence-corrected chi connectivity index (χ4v) is 2.13. The topological polar surface area (TPSA) is 43.4 Å². The number of hydrogen-bond acceptors (Lipinski definition) is 4. The first kappa shape index (κ1) is 14.1. The van der Waals surface area contributed by atoms with Crippen LogP contribution in [0.3, 0.4) is 0 Å². The van der Waals surface area contributed by atoms with Crippen molar-refractivity contribution in [1.82, 2.24) is 0 Å². The van der Waals surface area contributed by atoms with Gasteiger partial charge in [-0.3, -0.25) is 9.59 Å². The first-order valence-electron chi connectivity index (χ1n) is 5.16. The van der Waals surface area contributed by atoms with Gasteiger partial charge in [0.25, 0.3) is 0 Å². The highest BCUT2D eigenvalue weighted by Gasteiger charge is 2.10. The molecule has 0 N–H and O–H groups in total. The zero-order valence-electron chi connectivity index (χ0n) is 9.44. The van der Waals surface area contributed by atoms with Crippen LogP contribution in [0.2, 0.25) is 5.02 Å². The Morgan fingerprint density at radius 3 is 2.65 bits per heavy atom. The molecule has 0 radical (unpaired) electrons. The number of ketones is 1. The lowest BCUT2D eigenvalue weighted by molar-refractivity contribution is -0.139. The van der Waals surface area contributed by atoms with E-state index in [4.69, 9.17) is 16.3 Å². The summed E-state index contributed by atoms with van der Waals surface area (Å²) in [5.41, 5.74) is 0.491. The van der Waals surface area contributed by atoms with Crippen LogP contribution in [-0.2, 0) is 9.53 Å². The fraction of sp³-hybridized carbons (Fsp3) is 0.333. The molecule has 0 aliphatic rings. The van der Waals surface area contributed by atoms with E-state index in [0.29, 0.717) is 17.2 Å². The average Bonchev–Trinajstić information content (AvgIpc) is 2.29. The maximum atomic E-state index is 11.7. The van der Waals surface area contributed by atoms with Gasteiger partial charge in [0, 0.05) is 5.56 Å². The van der Waals surface area contributed by atoms with Crippen molar-refractivity contribution in [3.63, 3.8) is 0 Å². The standard InChI is InChI=1S/C12H13ClO3S/c1-2-16-12(15)8-17-7-11(14)9-5-3-4-6-10(9)13/h3-6H,2,7-8H2,1H3. The Morgan fingerprint density at radius 1 is 1.29 bits per heavy atom. The maximum Gasteiger partial charge on any atom is 0.315 e. The zero-order valence-corrected chi connectivity index (χ0v) is 11.0. The van der Waals surface area contributed by atoms with E-state index in [0.717, 1.165) is 0 Å². The number of hydrogen-bond donors (Lipinski definition) is 0. The van der Waals surface area contributed by atoms with Crippen LogP contribution in [0.5, 0.6) is 0 Å². The molecule has 0 aliphatic carbocycles. The molecule has 0 unspecified atom stereocenters. The highest BCUT2D eigenvalue weighted by Crippen LogP contribution is 2.17. The average molecular weight is 273 g/mol. The third-order valence-electron chi connectivity index (χ3n) is 1.93. The lowest BCUT2D eigenvalue weighted by Crippen LogP contribution is -2.10. The van der Waals surface area contributed by atoms with E-state index < -0.39 is 0 Å². The van der Waals surface area contributed by atoms with Gasteiger partial charge in [0.2, 0.25) is 0 Å². The van der Waals surface area contributed by atoms with Crippen LogP contribution in [0, 0.1) is 0 Å². The molecule has 0 fully saturated rings. The summed E-state index contributed by atoms with van der Waals surface area (Å²) in [5, 5.41) is 0.439. The number of carbonyl (C=O) groups is 2. The van der Waals surface area contributed by atoms with Crippen molar-refractivity contribution in [2.24, 2.45) is 0 Å². The Morgan fingerprint density at radius 2 is 2.00 bits per heavy atom. The van der Waals surface area contributed by atoms with E-state index in [-0.39, 0.29) is 23.3 Å². The zero-order chi connectivity index (χ0) is 12.7. The summed E-state index contributed by atoms with van der Waals surface area (Å²) in [6.07, 6.45) is 0. The summed E-state index contributed by atoms with van der Waals surface area (Å²) in [5.74, 6) is 0.0291. The van der Waals surface area contributed by atoms with Gasteiger partial charge >= 0.3 is 5.97 Å². The van der Waals surface area contributed by atoms with Crippen LogP contribution in [0.25, 0.3) is 0 Å². The molecule has 17 heavy (non-hydrogen) atoms. The van der Waals surface area contributed by atoms with Crippen molar-refractivity contribution < 1.29 is 14.3 Å². The van der Waals surface area contributed by atoms with Gasteiger partial charge in [0.15, 0.2) is 5.78 Å². The fourth-order valence-electron chi connectivity index (χ4n) is 1.19. The largest absolute Gasteiger partial charge is 0.465 e. The van der Waals surface area contributed by atoms with Crippen LogP contribution in [0.4, 0.5) is 0 Å². The van der Waals surface area contributed by atoms with Gasteiger partial charge in [-0.05, 0) is 19.1 Å². The summed E-state index contributed by atoms with van der Waals surface area (Å²) in [6, 6.07) is 6.88. The van der Waals surface area contributed by atoms with Gasteiger partial charge in [-0.15, -0.1) is 11.8 Å². The molecule has 0 saturated carbocycles. The van der Waals surface area contributed by atoms with Crippen molar-refractivity contribution in [3.05, 3.63) is 34.9 Å². The molecular formula is C12H13ClO3S. The Balaban J connectivity index is 2.41. The normalized spacial score (nSPS) is 10.0. The summed E-state index contributed by atoms with van der Waals surface area (Å²) >= 11 is 7.12. The van der Waals surface area contributed by atoms with Crippen molar-refractivity contribution >= 4 is 35.1 Å². The van der Waals surface area contributed by atoms with Crippen molar-refractivity contribution in [3.8, 4) is 0 Å². The van der Waals surface area contributed by atoms with Gasteiger partial charge in [-0.1, -0.05) is 23.7 Å². The molecule has 5 heteroatoms. The summed E-state index contributed by atoms with van der Waals surface area (Å²) in [4.78, 5) is 22.8. The molecule has 3 nitrogen and oxygen atoms in total. The molecule has 1 aromatic carbocycles. The molecule has 0 spiro atoms.